The van der Waals surface area contributed by atoms with Crippen molar-refractivity contribution >= 4 is 11.9 Å². The summed E-state index contributed by atoms with van der Waals surface area (Å²) in [4.78, 5) is 21.0. The minimum Gasteiger partial charge on any atom is -0.480 e. The average Bonchev–Trinajstić information content (AvgIpc) is 2.04. The number of nitrogens with zero attached hydrogens (tertiary/aromatic N) is 1. The van der Waals surface area contributed by atoms with E-state index in [1.54, 1.807) is 0 Å². The fraction of sp³-hybridized carbons (Fsp3) is 0.375. The van der Waals surface area contributed by atoms with Crippen LogP contribution in [-0.4, -0.2) is 23.7 Å². The molecule has 0 aliphatic carbocycles. The summed E-state index contributed by atoms with van der Waals surface area (Å²) in [6.07, 6.45) is 0. The van der Waals surface area contributed by atoms with E-state index in [1.165, 1.54) is 13.0 Å². The number of ether oxygens (including phenoxy) is 1. The maximum atomic E-state index is 10.8. The molecule has 0 saturated carbocycles. The molecule has 0 spiro atoms. The Kier molecular flexibility index (Phi) is 4.24. The molecule has 0 aliphatic heterocycles. The van der Waals surface area contributed by atoms with Gasteiger partial charge in [0.2, 0.25) is 0 Å². The van der Waals surface area contributed by atoms with E-state index in [9.17, 15) is 9.59 Å². The maximum absolute atomic E-state index is 10.8. The van der Waals surface area contributed by atoms with Crippen molar-refractivity contribution in [3.8, 4) is 6.07 Å². The summed E-state index contributed by atoms with van der Waals surface area (Å²) in [6.45, 7) is 4.29. The van der Waals surface area contributed by atoms with Gasteiger partial charge in [0.25, 0.3) is 0 Å². The zero-order chi connectivity index (χ0) is 10.4. The van der Waals surface area contributed by atoms with Gasteiger partial charge in [0.05, 0.1) is 6.07 Å². The standard InChI is InChI=1S/C8H9NO4/c1-5(2)8(12)13-4-6(3-9)7(10)11/h6H,1,4H2,2H3,(H,10,11). The van der Waals surface area contributed by atoms with Crippen LogP contribution in [0.4, 0.5) is 0 Å². The Hall–Kier alpha value is -1.83. The number of carbonyl (C=O) groups is 2. The molecule has 13 heavy (non-hydrogen) atoms. The Morgan fingerprint density at radius 2 is 2.23 bits per heavy atom. The number of hydrogen-bond donors (Lipinski definition) is 1. The highest BCUT2D eigenvalue weighted by molar-refractivity contribution is 5.87. The first-order valence-corrected chi connectivity index (χ1v) is 3.44. The van der Waals surface area contributed by atoms with Gasteiger partial charge in [0.1, 0.15) is 6.61 Å². The van der Waals surface area contributed by atoms with Crippen LogP contribution in [0.1, 0.15) is 6.92 Å². The van der Waals surface area contributed by atoms with Crippen LogP contribution in [-0.2, 0) is 14.3 Å². The lowest BCUT2D eigenvalue weighted by molar-refractivity contribution is -0.146. The molecular weight excluding hydrogens is 174 g/mol. The molecule has 0 aromatic rings. The molecule has 0 saturated heterocycles. The van der Waals surface area contributed by atoms with Gasteiger partial charge in [0, 0.05) is 5.57 Å². The summed E-state index contributed by atoms with van der Waals surface area (Å²) in [5.74, 6) is -3.32. The third-order valence-corrected chi connectivity index (χ3v) is 1.18. The first-order chi connectivity index (χ1) is 5.99. The van der Waals surface area contributed by atoms with E-state index in [2.05, 4.69) is 11.3 Å². The highest BCUT2D eigenvalue weighted by atomic mass is 16.5. The van der Waals surface area contributed by atoms with Crippen LogP contribution in [0.3, 0.4) is 0 Å². The highest BCUT2D eigenvalue weighted by Crippen LogP contribution is 1.99. The number of carboxylic acids is 1. The van der Waals surface area contributed by atoms with Crippen LogP contribution in [0.5, 0.6) is 0 Å². The second-order valence-electron chi connectivity index (χ2n) is 2.40. The zero-order valence-electron chi connectivity index (χ0n) is 7.11. The molecule has 0 fully saturated rings. The van der Waals surface area contributed by atoms with Crippen LogP contribution >= 0.6 is 0 Å². The molecule has 1 unspecified atom stereocenters. The summed E-state index contributed by atoms with van der Waals surface area (Å²) in [7, 11) is 0. The number of carboxylic acid groups (broad SMARTS) is 1. The van der Waals surface area contributed by atoms with Crippen molar-refractivity contribution in [1.29, 1.82) is 5.26 Å². The molecule has 0 aromatic carbocycles. The molecule has 70 valence electrons. The molecule has 0 aromatic heterocycles. The second kappa shape index (κ2) is 4.93. The van der Waals surface area contributed by atoms with Crippen molar-refractivity contribution in [3.63, 3.8) is 0 Å². The number of esters is 1. The largest absolute Gasteiger partial charge is 0.480 e. The van der Waals surface area contributed by atoms with Crippen molar-refractivity contribution in [1.82, 2.24) is 0 Å². The van der Waals surface area contributed by atoms with Gasteiger partial charge < -0.3 is 9.84 Å². The number of nitriles is 1. The van der Waals surface area contributed by atoms with Crippen molar-refractivity contribution in [2.45, 2.75) is 6.92 Å². The lowest BCUT2D eigenvalue weighted by atomic mass is 10.2. The summed E-state index contributed by atoms with van der Waals surface area (Å²) in [5, 5.41) is 16.7. The van der Waals surface area contributed by atoms with E-state index >= 15 is 0 Å². The predicted molar refractivity (Wildman–Crippen MR) is 42.5 cm³/mol. The Bertz CT molecular complexity index is 276. The van der Waals surface area contributed by atoms with Gasteiger partial charge in [-0.15, -0.1) is 0 Å². The summed E-state index contributed by atoms with van der Waals surface area (Å²) >= 11 is 0. The van der Waals surface area contributed by atoms with Gasteiger partial charge in [-0.1, -0.05) is 6.58 Å². The van der Waals surface area contributed by atoms with Crippen LogP contribution in [0, 0.1) is 17.2 Å². The molecule has 0 heterocycles. The first kappa shape index (κ1) is 11.2. The quantitative estimate of drug-likeness (QED) is 0.501. The van der Waals surface area contributed by atoms with E-state index in [1.807, 2.05) is 0 Å². The molecule has 0 aliphatic rings. The van der Waals surface area contributed by atoms with Crippen molar-refractivity contribution < 1.29 is 19.4 Å². The van der Waals surface area contributed by atoms with Gasteiger partial charge in [-0.3, -0.25) is 4.79 Å². The Morgan fingerprint density at radius 1 is 1.69 bits per heavy atom. The van der Waals surface area contributed by atoms with Gasteiger partial charge in [-0.2, -0.15) is 5.26 Å². The number of rotatable bonds is 4. The average molecular weight is 183 g/mol. The Labute approximate surface area is 75.2 Å². The van der Waals surface area contributed by atoms with E-state index in [-0.39, 0.29) is 5.57 Å². The summed E-state index contributed by atoms with van der Waals surface area (Å²) in [5.41, 5.74) is 0.169. The van der Waals surface area contributed by atoms with Crippen molar-refractivity contribution in [2.75, 3.05) is 6.61 Å². The van der Waals surface area contributed by atoms with Gasteiger partial charge in [0.15, 0.2) is 5.92 Å². The molecule has 1 N–H and O–H groups in total. The van der Waals surface area contributed by atoms with E-state index in [4.69, 9.17) is 10.4 Å². The Balaban J connectivity index is 4.02. The van der Waals surface area contributed by atoms with Crippen LogP contribution in [0.2, 0.25) is 0 Å². The number of hydrogen-bond acceptors (Lipinski definition) is 4. The topological polar surface area (TPSA) is 87.4 Å². The monoisotopic (exact) mass is 183 g/mol. The summed E-state index contributed by atoms with van der Waals surface area (Å²) in [6, 6.07) is 1.49. The zero-order valence-corrected chi connectivity index (χ0v) is 7.11. The molecule has 0 radical (unpaired) electrons. The highest BCUT2D eigenvalue weighted by Gasteiger charge is 2.18. The van der Waals surface area contributed by atoms with Crippen LogP contribution < -0.4 is 0 Å². The molecule has 0 bridgehead atoms. The first-order valence-electron chi connectivity index (χ1n) is 3.44. The third-order valence-electron chi connectivity index (χ3n) is 1.18. The fourth-order valence-corrected chi connectivity index (χ4v) is 0.446. The minimum atomic E-state index is -1.32. The third kappa shape index (κ3) is 3.91. The molecular formula is C8H9NO4. The van der Waals surface area contributed by atoms with Gasteiger partial charge >= 0.3 is 11.9 Å². The molecule has 5 heteroatoms. The van der Waals surface area contributed by atoms with E-state index < -0.39 is 24.5 Å². The van der Waals surface area contributed by atoms with E-state index in [0.717, 1.165) is 0 Å². The van der Waals surface area contributed by atoms with Gasteiger partial charge in [-0.05, 0) is 6.92 Å². The predicted octanol–water partition coefficient (Wildman–Crippen LogP) is 0.330. The normalized spacial score (nSPS) is 11.1. The fourth-order valence-electron chi connectivity index (χ4n) is 0.446. The molecule has 5 nitrogen and oxygen atoms in total. The molecule has 0 rings (SSSR count). The van der Waals surface area contributed by atoms with Crippen LogP contribution in [0.25, 0.3) is 0 Å². The Morgan fingerprint density at radius 3 is 2.54 bits per heavy atom. The number of aliphatic carboxylic acids is 1. The van der Waals surface area contributed by atoms with E-state index in [0.29, 0.717) is 0 Å². The minimum absolute atomic E-state index is 0.169. The molecule has 1 atom stereocenters. The molecule has 0 amide bonds. The van der Waals surface area contributed by atoms with Crippen molar-refractivity contribution in [3.05, 3.63) is 12.2 Å². The number of carbonyl (C=O) groups excluding carboxylic acids is 1. The SMILES string of the molecule is C=C(C)C(=O)OCC(C#N)C(=O)O. The lowest BCUT2D eigenvalue weighted by Gasteiger charge is -2.05. The van der Waals surface area contributed by atoms with Crippen LogP contribution in [0.15, 0.2) is 12.2 Å². The smallest absolute Gasteiger partial charge is 0.333 e. The van der Waals surface area contributed by atoms with Crippen molar-refractivity contribution in [2.24, 2.45) is 5.92 Å². The van der Waals surface area contributed by atoms with Gasteiger partial charge in [-0.25, -0.2) is 4.79 Å². The lowest BCUT2D eigenvalue weighted by Crippen LogP contribution is -2.20. The maximum Gasteiger partial charge on any atom is 0.333 e. The second-order valence-corrected chi connectivity index (χ2v) is 2.40. The summed E-state index contributed by atoms with van der Waals surface area (Å²) < 4.78 is 4.48.